The normalized spacial score (nSPS) is 10.3. The number of aryl methyl sites for hydroxylation is 1. The molecule has 0 aliphatic heterocycles. The molecule has 78 valence electrons. The first-order chi connectivity index (χ1) is 7.24. The Morgan fingerprint density at radius 3 is 2.93 bits per heavy atom. The maximum Gasteiger partial charge on any atom is 0.224 e. The Hall–Kier alpha value is -1.62. The highest BCUT2D eigenvalue weighted by atomic mass is 32.1. The van der Waals surface area contributed by atoms with Crippen LogP contribution in [0, 0.1) is 0 Å². The molecular formula is C10H10N2O2S. The van der Waals surface area contributed by atoms with Crippen molar-refractivity contribution in [2.75, 3.05) is 7.11 Å². The second-order valence-electron chi connectivity index (χ2n) is 2.99. The molecule has 0 spiro atoms. The SMILES string of the molecule is COc1ccsc1C(=O)c1ccnn1C. The highest BCUT2D eigenvalue weighted by Gasteiger charge is 2.18. The van der Waals surface area contributed by atoms with Crippen LogP contribution in [0.15, 0.2) is 23.7 Å². The molecular weight excluding hydrogens is 212 g/mol. The lowest BCUT2D eigenvalue weighted by atomic mass is 10.2. The molecule has 0 saturated heterocycles. The highest BCUT2D eigenvalue weighted by molar-refractivity contribution is 7.12. The van der Waals surface area contributed by atoms with Crippen LogP contribution in [0.5, 0.6) is 5.75 Å². The van der Waals surface area contributed by atoms with Crippen molar-refractivity contribution in [3.8, 4) is 5.75 Å². The van der Waals surface area contributed by atoms with Crippen LogP contribution in [-0.2, 0) is 7.05 Å². The summed E-state index contributed by atoms with van der Waals surface area (Å²) in [7, 11) is 3.30. The molecule has 0 radical (unpaired) electrons. The Balaban J connectivity index is 2.41. The van der Waals surface area contributed by atoms with E-state index in [0.717, 1.165) is 0 Å². The van der Waals surface area contributed by atoms with E-state index in [2.05, 4.69) is 5.10 Å². The van der Waals surface area contributed by atoms with Gasteiger partial charge in [0.1, 0.15) is 16.3 Å². The van der Waals surface area contributed by atoms with Gasteiger partial charge in [-0.3, -0.25) is 9.48 Å². The quantitative estimate of drug-likeness (QED) is 0.743. The van der Waals surface area contributed by atoms with Crippen LogP contribution in [0.1, 0.15) is 15.4 Å². The molecule has 0 unspecified atom stereocenters. The van der Waals surface area contributed by atoms with Gasteiger partial charge in [-0.25, -0.2) is 0 Å². The van der Waals surface area contributed by atoms with Gasteiger partial charge >= 0.3 is 0 Å². The third kappa shape index (κ3) is 1.66. The van der Waals surface area contributed by atoms with E-state index in [9.17, 15) is 4.79 Å². The van der Waals surface area contributed by atoms with Gasteiger partial charge in [-0.2, -0.15) is 5.10 Å². The number of aromatic nitrogens is 2. The van der Waals surface area contributed by atoms with E-state index >= 15 is 0 Å². The average Bonchev–Trinajstić information content (AvgIpc) is 2.84. The molecule has 2 heterocycles. The van der Waals surface area contributed by atoms with Crippen molar-refractivity contribution >= 4 is 17.1 Å². The monoisotopic (exact) mass is 222 g/mol. The fourth-order valence-corrected chi connectivity index (χ4v) is 2.14. The lowest BCUT2D eigenvalue weighted by molar-refractivity contribution is 0.103. The number of ether oxygens (including phenoxy) is 1. The van der Waals surface area contributed by atoms with Gasteiger partial charge in [0.2, 0.25) is 5.78 Å². The summed E-state index contributed by atoms with van der Waals surface area (Å²) in [6.07, 6.45) is 1.60. The molecule has 0 amide bonds. The summed E-state index contributed by atoms with van der Waals surface area (Å²) in [6, 6.07) is 3.48. The molecule has 0 saturated carbocycles. The number of thiophene rings is 1. The van der Waals surface area contributed by atoms with Crippen molar-refractivity contribution < 1.29 is 9.53 Å². The van der Waals surface area contributed by atoms with Crippen molar-refractivity contribution in [1.29, 1.82) is 0 Å². The molecule has 5 heteroatoms. The van der Waals surface area contributed by atoms with Crippen molar-refractivity contribution in [2.24, 2.45) is 7.05 Å². The minimum absolute atomic E-state index is 0.0538. The van der Waals surface area contributed by atoms with Gasteiger partial charge in [-0.05, 0) is 17.5 Å². The molecule has 2 aromatic rings. The molecule has 15 heavy (non-hydrogen) atoms. The Labute approximate surface area is 91.1 Å². The van der Waals surface area contributed by atoms with Gasteiger partial charge in [-0.15, -0.1) is 11.3 Å². The maximum atomic E-state index is 12.0. The third-order valence-corrected chi connectivity index (χ3v) is 3.00. The number of ketones is 1. The average molecular weight is 222 g/mol. The number of methoxy groups -OCH3 is 1. The summed E-state index contributed by atoms with van der Waals surface area (Å²) >= 11 is 1.37. The summed E-state index contributed by atoms with van der Waals surface area (Å²) in [5.41, 5.74) is 0.566. The highest BCUT2D eigenvalue weighted by Crippen LogP contribution is 2.26. The molecule has 2 rings (SSSR count). The fourth-order valence-electron chi connectivity index (χ4n) is 1.34. The lowest BCUT2D eigenvalue weighted by Gasteiger charge is -2.01. The summed E-state index contributed by atoms with van der Waals surface area (Å²) in [5.74, 6) is 0.563. The Bertz CT molecular complexity index is 487. The van der Waals surface area contributed by atoms with Crippen LogP contribution in [0.4, 0.5) is 0 Å². The second-order valence-corrected chi connectivity index (χ2v) is 3.90. The number of carbonyl (C=O) groups is 1. The minimum Gasteiger partial charge on any atom is -0.495 e. The molecule has 0 N–H and O–H groups in total. The van der Waals surface area contributed by atoms with Crippen LogP contribution < -0.4 is 4.74 Å². The van der Waals surface area contributed by atoms with Gasteiger partial charge in [0, 0.05) is 13.2 Å². The molecule has 0 aliphatic carbocycles. The molecule has 0 fully saturated rings. The zero-order valence-corrected chi connectivity index (χ0v) is 9.25. The van der Waals surface area contributed by atoms with Gasteiger partial charge in [0.25, 0.3) is 0 Å². The first kappa shape index (κ1) is 9.92. The van der Waals surface area contributed by atoms with Crippen LogP contribution in [0.3, 0.4) is 0 Å². The molecule has 0 aliphatic rings. The zero-order chi connectivity index (χ0) is 10.8. The van der Waals surface area contributed by atoms with Crippen molar-refractivity contribution in [2.45, 2.75) is 0 Å². The summed E-state index contributed by atoms with van der Waals surface area (Å²) in [6.45, 7) is 0. The van der Waals surface area contributed by atoms with E-state index in [-0.39, 0.29) is 5.78 Å². The van der Waals surface area contributed by atoms with E-state index in [1.54, 1.807) is 37.2 Å². The first-order valence-corrected chi connectivity index (χ1v) is 5.26. The third-order valence-electron chi connectivity index (χ3n) is 2.11. The number of nitrogens with zero attached hydrogens (tertiary/aromatic N) is 2. The molecule has 0 aromatic carbocycles. The van der Waals surface area contributed by atoms with Crippen molar-refractivity contribution in [1.82, 2.24) is 9.78 Å². The standard InChI is InChI=1S/C10H10N2O2S/c1-12-7(3-5-11-12)9(13)10-8(14-2)4-6-15-10/h3-6H,1-2H3. The minimum atomic E-state index is -0.0538. The molecule has 0 atom stereocenters. The number of hydrogen-bond acceptors (Lipinski definition) is 4. The summed E-state index contributed by atoms with van der Waals surface area (Å²) in [4.78, 5) is 12.7. The van der Waals surface area contributed by atoms with Gasteiger partial charge in [0.15, 0.2) is 0 Å². The fraction of sp³-hybridized carbons (Fsp3) is 0.200. The van der Waals surface area contributed by atoms with Gasteiger partial charge in [0.05, 0.1) is 7.11 Å². The predicted molar refractivity (Wildman–Crippen MR) is 57.5 cm³/mol. The second kappa shape index (κ2) is 3.86. The van der Waals surface area contributed by atoms with Gasteiger partial charge in [-0.1, -0.05) is 0 Å². The van der Waals surface area contributed by atoms with Crippen molar-refractivity contribution in [3.63, 3.8) is 0 Å². The van der Waals surface area contributed by atoms with Crippen LogP contribution in [0.25, 0.3) is 0 Å². The van der Waals surface area contributed by atoms with Crippen LogP contribution in [-0.4, -0.2) is 22.7 Å². The van der Waals surface area contributed by atoms with Gasteiger partial charge < -0.3 is 4.74 Å². The van der Waals surface area contributed by atoms with Crippen molar-refractivity contribution in [3.05, 3.63) is 34.3 Å². The molecule has 0 bridgehead atoms. The zero-order valence-electron chi connectivity index (χ0n) is 8.43. The van der Waals surface area contributed by atoms with E-state index in [0.29, 0.717) is 16.3 Å². The Morgan fingerprint density at radius 2 is 2.33 bits per heavy atom. The molecule has 2 aromatic heterocycles. The Morgan fingerprint density at radius 1 is 1.53 bits per heavy atom. The van der Waals surface area contributed by atoms with Crippen LogP contribution in [0.2, 0.25) is 0 Å². The van der Waals surface area contributed by atoms with E-state index in [1.165, 1.54) is 11.3 Å². The van der Waals surface area contributed by atoms with E-state index < -0.39 is 0 Å². The maximum absolute atomic E-state index is 12.0. The summed E-state index contributed by atoms with van der Waals surface area (Å²) < 4.78 is 6.66. The van der Waals surface area contributed by atoms with E-state index in [4.69, 9.17) is 4.74 Å². The smallest absolute Gasteiger partial charge is 0.224 e. The van der Waals surface area contributed by atoms with Crippen LogP contribution >= 0.6 is 11.3 Å². The largest absolute Gasteiger partial charge is 0.495 e. The predicted octanol–water partition coefficient (Wildman–Crippen LogP) is 1.72. The first-order valence-electron chi connectivity index (χ1n) is 4.38. The number of carbonyl (C=O) groups excluding carboxylic acids is 1. The molecule has 4 nitrogen and oxygen atoms in total. The number of hydrogen-bond donors (Lipinski definition) is 0. The lowest BCUT2D eigenvalue weighted by Crippen LogP contribution is -2.07. The summed E-state index contributed by atoms with van der Waals surface area (Å²) in [5, 5.41) is 5.80. The topological polar surface area (TPSA) is 44.1 Å². The van der Waals surface area contributed by atoms with E-state index in [1.807, 2.05) is 5.38 Å². The Kier molecular flexibility index (Phi) is 2.55. The number of rotatable bonds is 3.